The molecule has 206 valence electrons. The van der Waals surface area contributed by atoms with Gasteiger partial charge in [-0.1, -0.05) is 68.4 Å². The molecule has 4 aromatic rings. The summed E-state index contributed by atoms with van der Waals surface area (Å²) in [6.07, 6.45) is -0.516. The summed E-state index contributed by atoms with van der Waals surface area (Å²) in [4.78, 5) is 33.2. The number of ether oxygens (including phenoxy) is 3. The molecule has 1 unspecified atom stereocenters. The fourth-order valence-corrected chi connectivity index (χ4v) is 5.93. The van der Waals surface area contributed by atoms with Crippen molar-refractivity contribution in [3.8, 4) is 11.5 Å². The number of esters is 1. The van der Waals surface area contributed by atoms with E-state index in [2.05, 4.69) is 19.9 Å². The average Bonchev–Trinajstić information content (AvgIpc) is 3.44. The average molecular weight is 547 g/mol. The first-order valence-electron chi connectivity index (χ1n) is 13.6. The topological polar surface area (TPSA) is 77.4 Å². The van der Waals surface area contributed by atoms with Crippen molar-refractivity contribution in [3.05, 3.63) is 119 Å². The van der Waals surface area contributed by atoms with Gasteiger partial charge in [-0.3, -0.25) is 9.89 Å². The van der Waals surface area contributed by atoms with Crippen LogP contribution in [0.5, 0.6) is 11.5 Å². The number of carbonyl (C=O) groups excluding carboxylic acids is 2. The van der Waals surface area contributed by atoms with E-state index in [4.69, 9.17) is 19.2 Å². The zero-order chi connectivity index (χ0) is 28.8. The summed E-state index contributed by atoms with van der Waals surface area (Å²) in [6.45, 7) is 6.42. The number of rotatable bonds is 6. The zero-order valence-corrected chi connectivity index (χ0v) is 23.4. The van der Waals surface area contributed by atoms with Crippen LogP contribution >= 0.6 is 0 Å². The Morgan fingerprint density at radius 3 is 2.27 bits per heavy atom. The summed E-state index contributed by atoms with van der Waals surface area (Å²) in [5.41, 5.74) is 3.05. The molecule has 0 N–H and O–H groups in total. The van der Waals surface area contributed by atoms with Gasteiger partial charge >= 0.3 is 12.1 Å². The number of hydrogen-bond donors (Lipinski definition) is 0. The molecule has 0 fully saturated rings. The van der Waals surface area contributed by atoms with Crippen molar-refractivity contribution in [2.24, 2.45) is 4.99 Å². The summed E-state index contributed by atoms with van der Waals surface area (Å²) in [5.74, 6) is 0.476. The van der Waals surface area contributed by atoms with Gasteiger partial charge in [0, 0.05) is 29.2 Å². The third-order valence-electron chi connectivity index (χ3n) is 7.87. The molecule has 0 spiro atoms. The summed E-state index contributed by atoms with van der Waals surface area (Å²) in [6, 6.07) is 29.7. The number of fused-ring (bicyclic) bond motifs is 2. The number of carbonyl (C=O) groups is 2. The van der Waals surface area contributed by atoms with Crippen molar-refractivity contribution in [2.45, 2.75) is 31.8 Å². The van der Waals surface area contributed by atoms with E-state index >= 15 is 0 Å². The van der Waals surface area contributed by atoms with Crippen LogP contribution in [0.15, 0.2) is 102 Å². The molecule has 6 rings (SSSR count). The molecule has 4 aromatic carbocycles. The van der Waals surface area contributed by atoms with Crippen LogP contribution in [-0.4, -0.2) is 31.4 Å². The first-order valence-corrected chi connectivity index (χ1v) is 13.6. The lowest BCUT2D eigenvalue weighted by Crippen LogP contribution is -2.46. The first kappa shape index (κ1) is 26.3. The molecule has 0 aromatic heterocycles. The highest BCUT2D eigenvalue weighted by Crippen LogP contribution is 2.54. The number of anilines is 1. The third-order valence-corrected chi connectivity index (χ3v) is 7.87. The standard InChI is InChI=1S/C34H30N2O5/c1-5-36(32(38)40-23-13-7-6-8-14-23)22-19-20-27(29(21-22)39-4)34(25-16-10-9-15-24(25)30(37)41-34)31-33(2,3)26-17-11-12-18-28(26)35-31/h6-21H,5H2,1-4H3. The van der Waals surface area contributed by atoms with Gasteiger partial charge in [-0.15, -0.1) is 0 Å². The fraction of sp³-hybridized carbons (Fsp3) is 0.206. The van der Waals surface area contributed by atoms with E-state index in [0.29, 0.717) is 46.1 Å². The lowest BCUT2D eigenvalue weighted by molar-refractivity contribution is 0.0311. The molecule has 1 atom stereocenters. The molecule has 1 amide bonds. The first-order chi connectivity index (χ1) is 19.8. The van der Waals surface area contributed by atoms with E-state index < -0.39 is 23.1 Å². The molecule has 0 radical (unpaired) electrons. The van der Waals surface area contributed by atoms with Gasteiger partial charge in [-0.25, -0.2) is 9.59 Å². The Bertz CT molecular complexity index is 1690. The van der Waals surface area contributed by atoms with E-state index in [1.807, 2.05) is 73.7 Å². The van der Waals surface area contributed by atoms with Crippen LogP contribution in [-0.2, 0) is 15.8 Å². The summed E-state index contributed by atoms with van der Waals surface area (Å²) in [7, 11) is 1.56. The molecule has 2 heterocycles. The van der Waals surface area contributed by atoms with Gasteiger partial charge in [0.1, 0.15) is 11.5 Å². The maximum absolute atomic E-state index is 13.4. The molecular weight excluding hydrogens is 516 g/mol. The van der Waals surface area contributed by atoms with E-state index in [9.17, 15) is 9.59 Å². The van der Waals surface area contributed by atoms with Gasteiger partial charge in [-0.2, -0.15) is 0 Å². The van der Waals surface area contributed by atoms with Crippen molar-refractivity contribution in [3.63, 3.8) is 0 Å². The minimum atomic E-state index is -1.35. The lowest BCUT2D eigenvalue weighted by Gasteiger charge is -2.37. The minimum Gasteiger partial charge on any atom is -0.496 e. The SMILES string of the molecule is CCN(C(=O)Oc1ccccc1)c1ccc(C2(C3=Nc4ccccc4C3(C)C)OC(=O)c3ccccc32)c(OC)c1. The lowest BCUT2D eigenvalue weighted by atomic mass is 9.69. The number of methoxy groups -OCH3 is 1. The quantitative estimate of drug-likeness (QED) is 0.239. The van der Waals surface area contributed by atoms with E-state index in [0.717, 1.165) is 11.3 Å². The Morgan fingerprint density at radius 1 is 0.878 bits per heavy atom. The number of aliphatic imine (C=N–C) groups is 1. The molecule has 2 aliphatic rings. The molecule has 0 aliphatic carbocycles. The number of cyclic esters (lactones) is 1. The largest absolute Gasteiger partial charge is 0.496 e. The van der Waals surface area contributed by atoms with Crippen LogP contribution in [0, 0.1) is 0 Å². The van der Waals surface area contributed by atoms with E-state index in [-0.39, 0.29) is 0 Å². The van der Waals surface area contributed by atoms with E-state index in [1.165, 1.54) is 4.90 Å². The summed E-state index contributed by atoms with van der Waals surface area (Å²) < 4.78 is 18.0. The van der Waals surface area contributed by atoms with Crippen LogP contribution in [0.2, 0.25) is 0 Å². The smallest absolute Gasteiger partial charge is 0.419 e. The fourth-order valence-electron chi connectivity index (χ4n) is 5.93. The Morgan fingerprint density at radius 2 is 1.56 bits per heavy atom. The number of nitrogens with zero attached hydrogens (tertiary/aromatic N) is 2. The van der Waals surface area contributed by atoms with Crippen molar-refractivity contribution in [1.82, 2.24) is 0 Å². The second-order valence-electron chi connectivity index (χ2n) is 10.5. The van der Waals surface area contributed by atoms with Crippen molar-refractivity contribution < 1.29 is 23.8 Å². The number of para-hydroxylation sites is 2. The predicted molar refractivity (Wildman–Crippen MR) is 158 cm³/mol. The monoisotopic (exact) mass is 546 g/mol. The normalized spacial score (nSPS) is 18.1. The van der Waals surface area contributed by atoms with Crippen LogP contribution < -0.4 is 14.4 Å². The maximum atomic E-state index is 13.4. The third kappa shape index (κ3) is 4.08. The highest BCUT2D eigenvalue weighted by molar-refractivity contribution is 6.14. The Hall–Kier alpha value is -4.91. The second kappa shape index (κ2) is 9.93. The Balaban J connectivity index is 1.50. The van der Waals surface area contributed by atoms with Gasteiger partial charge in [-0.05, 0) is 48.9 Å². The van der Waals surface area contributed by atoms with Gasteiger partial charge in [0.15, 0.2) is 0 Å². The van der Waals surface area contributed by atoms with Gasteiger partial charge in [0.2, 0.25) is 5.60 Å². The molecule has 41 heavy (non-hydrogen) atoms. The van der Waals surface area contributed by atoms with Gasteiger partial charge in [0.05, 0.1) is 29.8 Å². The van der Waals surface area contributed by atoms with Crippen molar-refractivity contribution >= 4 is 29.1 Å². The Kier molecular flexibility index (Phi) is 6.37. The number of hydrogen-bond acceptors (Lipinski definition) is 6. The molecule has 0 saturated carbocycles. The van der Waals surface area contributed by atoms with Crippen molar-refractivity contribution in [2.75, 3.05) is 18.6 Å². The molecular formula is C34H30N2O5. The van der Waals surface area contributed by atoms with Crippen LogP contribution in [0.3, 0.4) is 0 Å². The summed E-state index contributed by atoms with van der Waals surface area (Å²) >= 11 is 0. The van der Waals surface area contributed by atoms with Crippen LogP contribution in [0.1, 0.15) is 47.8 Å². The molecule has 0 saturated heterocycles. The second-order valence-corrected chi connectivity index (χ2v) is 10.5. The highest BCUT2D eigenvalue weighted by Gasteiger charge is 2.58. The molecule has 7 nitrogen and oxygen atoms in total. The minimum absolute atomic E-state index is 0.367. The number of amides is 1. The Labute approximate surface area is 239 Å². The van der Waals surface area contributed by atoms with Crippen molar-refractivity contribution in [1.29, 1.82) is 0 Å². The highest BCUT2D eigenvalue weighted by atomic mass is 16.6. The van der Waals surface area contributed by atoms with Crippen LogP contribution in [0.25, 0.3) is 0 Å². The molecule has 0 bridgehead atoms. The molecule has 7 heteroatoms. The maximum Gasteiger partial charge on any atom is 0.419 e. The summed E-state index contributed by atoms with van der Waals surface area (Å²) in [5, 5.41) is 0. The number of benzene rings is 4. The van der Waals surface area contributed by atoms with Gasteiger partial charge in [0.25, 0.3) is 0 Å². The van der Waals surface area contributed by atoms with E-state index in [1.54, 1.807) is 31.4 Å². The molecule has 2 aliphatic heterocycles. The van der Waals surface area contributed by atoms with Crippen LogP contribution in [0.4, 0.5) is 16.2 Å². The predicted octanol–water partition coefficient (Wildman–Crippen LogP) is 7.20. The zero-order valence-electron chi connectivity index (χ0n) is 23.4. The van der Waals surface area contributed by atoms with Gasteiger partial charge < -0.3 is 14.2 Å².